The number of fused-ring (bicyclic) bond motifs is 1. The molecule has 0 bridgehead atoms. The first kappa shape index (κ1) is 13.7. The first-order valence-corrected chi connectivity index (χ1v) is 6.95. The number of carbonyl (C=O) groups is 1. The van der Waals surface area contributed by atoms with Gasteiger partial charge in [-0.15, -0.1) is 0 Å². The van der Waals surface area contributed by atoms with E-state index >= 15 is 0 Å². The smallest absolute Gasteiger partial charge is 0.410 e. The summed E-state index contributed by atoms with van der Waals surface area (Å²) in [6, 6.07) is 0. The second kappa shape index (κ2) is 4.72. The van der Waals surface area contributed by atoms with E-state index in [0.717, 1.165) is 19.4 Å². The van der Waals surface area contributed by atoms with Gasteiger partial charge in [-0.3, -0.25) is 0 Å². The van der Waals surface area contributed by atoms with Crippen molar-refractivity contribution < 1.29 is 14.6 Å². The van der Waals surface area contributed by atoms with E-state index in [0.29, 0.717) is 12.5 Å². The largest absolute Gasteiger partial charge is 0.444 e. The summed E-state index contributed by atoms with van der Waals surface area (Å²) in [6.07, 6.45) is 4.31. The van der Waals surface area contributed by atoms with Gasteiger partial charge in [-0.25, -0.2) is 4.79 Å². The van der Waals surface area contributed by atoms with Crippen LogP contribution in [0.4, 0.5) is 4.79 Å². The number of nitrogens with zero attached hydrogens (tertiary/aromatic N) is 1. The maximum absolute atomic E-state index is 12.1. The van der Waals surface area contributed by atoms with Gasteiger partial charge in [0.1, 0.15) is 5.60 Å². The number of hydrogen-bond acceptors (Lipinski definition) is 3. The summed E-state index contributed by atoms with van der Waals surface area (Å²) in [5.74, 6) is 0.448. The Morgan fingerprint density at radius 3 is 2.72 bits per heavy atom. The lowest BCUT2D eigenvalue weighted by atomic mass is 9.69. The van der Waals surface area contributed by atoms with E-state index in [1.165, 1.54) is 12.8 Å². The first-order valence-electron chi connectivity index (χ1n) is 6.95. The van der Waals surface area contributed by atoms with E-state index in [-0.39, 0.29) is 18.1 Å². The van der Waals surface area contributed by atoms with Gasteiger partial charge in [0.25, 0.3) is 0 Å². The van der Waals surface area contributed by atoms with Crippen LogP contribution in [0.15, 0.2) is 0 Å². The van der Waals surface area contributed by atoms with Crippen molar-refractivity contribution in [2.45, 2.75) is 52.1 Å². The van der Waals surface area contributed by atoms with Crippen molar-refractivity contribution in [1.29, 1.82) is 0 Å². The Morgan fingerprint density at radius 1 is 1.44 bits per heavy atom. The molecule has 1 saturated carbocycles. The lowest BCUT2D eigenvalue weighted by Gasteiger charge is -2.36. The third kappa shape index (κ3) is 2.63. The average Bonchev–Trinajstić information content (AvgIpc) is 2.66. The van der Waals surface area contributed by atoms with Crippen molar-refractivity contribution in [2.24, 2.45) is 11.3 Å². The van der Waals surface area contributed by atoms with E-state index in [1.807, 2.05) is 20.8 Å². The molecule has 104 valence electrons. The van der Waals surface area contributed by atoms with Gasteiger partial charge in [-0.05, 0) is 39.5 Å². The second-order valence-electron chi connectivity index (χ2n) is 6.82. The average molecular weight is 255 g/mol. The van der Waals surface area contributed by atoms with Crippen LogP contribution in [0.3, 0.4) is 0 Å². The maximum Gasteiger partial charge on any atom is 0.410 e. The number of aliphatic hydroxyl groups is 1. The highest BCUT2D eigenvalue weighted by Gasteiger charge is 2.49. The fourth-order valence-electron chi connectivity index (χ4n) is 3.31. The van der Waals surface area contributed by atoms with E-state index in [4.69, 9.17) is 4.74 Å². The Morgan fingerprint density at radius 2 is 2.17 bits per heavy atom. The van der Waals surface area contributed by atoms with Gasteiger partial charge < -0.3 is 14.7 Å². The normalized spacial score (nSPS) is 32.2. The monoisotopic (exact) mass is 255 g/mol. The van der Waals surface area contributed by atoms with Gasteiger partial charge in [0, 0.05) is 18.5 Å². The molecule has 2 unspecified atom stereocenters. The van der Waals surface area contributed by atoms with Crippen LogP contribution in [0.2, 0.25) is 0 Å². The fourth-order valence-corrected chi connectivity index (χ4v) is 3.31. The molecule has 0 aromatic rings. The Hall–Kier alpha value is -0.770. The van der Waals surface area contributed by atoms with E-state index in [2.05, 4.69) is 0 Å². The summed E-state index contributed by atoms with van der Waals surface area (Å²) in [6.45, 7) is 7.25. The Bertz CT molecular complexity index is 323. The topological polar surface area (TPSA) is 49.8 Å². The molecule has 1 amide bonds. The summed E-state index contributed by atoms with van der Waals surface area (Å²) in [7, 11) is 0. The van der Waals surface area contributed by atoms with Crippen LogP contribution >= 0.6 is 0 Å². The molecule has 18 heavy (non-hydrogen) atoms. The number of ether oxygens (including phenoxy) is 1. The molecule has 1 heterocycles. The van der Waals surface area contributed by atoms with Crippen molar-refractivity contribution in [3.63, 3.8) is 0 Å². The summed E-state index contributed by atoms with van der Waals surface area (Å²) in [5, 5.41) is 9.71. The molecule has 2 atom stereocenters. The third-order valence-electron chi connectivity index (χ3n) is 4.26. The van der Waals surface area contributed by atoms with Crippen LogP contribution < -0.4 is 0 Å². The molecule has 0 aromatic heterocycles. The first-order chi connectivity index (χ1) is 8.36. The predicted molar refractivity (Wildman–Crippen MR) is 69.3 cm³/mol. The summed E-state index contributed by atoms with van der Waals surface area (Å²) in [4.78, 5) is 13.9. The van der Waals surface area contributed by atoms with E-state index < -0.39 is 5.60 Å². The van der Waals surface area contributed by atoms with Crippen molar-refractivity contribution in [1.82, 2.24) is 4.90 Å². The van der Waals surface area contributed by atoms with Gasteiger partial charge in [0.15, 0.2) is 0 Å². The molecule has 0 spiro atoms. The molecule has 1 N–H and O–H groups in total. The Balaban J connectivity index is 2.03. The second-order valence-corrected chi connectivity index (χ2v) is 6.82. The number of likely N-dealkylation sites (tertiary alicyclic amines) is 1. The minimum absolute atomic E-state index is 0.0604. The van der Waals surface area contributed by atoms with Gasteiger partial charge in [0.2, 0.25) is 0 Å². The van der Waals surface area contributed by atoms with Crippen molar-refractivity contribution in [3.05, 3.63) is 0 Å². The number of aliphatic hydroxyl groups excluding tert-OH is 1. The van der Waals surface area contributed by atoms with Gasteiger partial charge in [0.05, 0.1) is 6.61 Å². The van der Waals surface area contributed by atoms with Crippen LogP contribution in [0.5, 0.6) is 0 Å². The Kier molecular flexibility index (Phi) is 3.58. The molecule has 2 rings (SSSR count). The number of hydrogen-bond donors (Lipinski definition) is 1. The van der Waals surface area contributed by atoms with Crippen molar-refractivity contribution >= 4 is 6.09 Å². The van der Waals surface area contributed by atoms with E-state index in [1.54, 1.807) is 4.90 Å². The van der Waals surface area contributed by atoms with Crippen molar-refractivity contribution in [3.8, 4) is 0 Å². The standard InChI is InChI=1S/C14H25NO3/c1-13(2,3)18-12(17)15-8-11-6-4-5-7-14(11,9-15)10-16/h11,16H,4-10H2,1-3H3. The molecule has 0 radical (unpaired) electrons. The maximum atomic E-state index is 12.1. The molecule has 4 nitrogen and oxygen atoms in total. The minimum atomic E-state index is -0.447. The molecule has 1 aliphatic carbocycles. The SMILES string of the molecule is CC(C)(C)OC(=O)N1CC2CCCCC2(CO)C1. The van der Waals surface area contributed by atoms with Crippen LogP contribution in [0, 0.1) is 11.3 Å². The van der Waals surface area contributed by atoms with Crippen LogP contribution in [0.1, 0.15) is 46.5 Å². The van der Waals surface area contributed by atoms with Gasteiger partial charge in [-0.2, -0.15) is 0 Å². The van der Waals surface area contributed by atoms with Crippen LogP contribution in [0.25, 0.3) is 0 Å². The van der Waals surface area contributed by atoms with Crippen LogP contribution in [-0.4, -0.2) is 41.4 Å². The number of carbonyl (C=O) groups excluding carboxylic acids is 1. The summed E-state index contributed by atoms with van der Waals surface area (Å²) in [5.41, 5.74) is -0.508. The molecular weight excluding hydrogens is 230 g/mol. The molecule has 1 saturated heterocycles. The fraction of sp³-hybridized carbons (Fsp3) is 0.929. The van der Waals surface area contributed by atoms with Crippen molar-refractivity contribution in [2.75, 3.05) is 19.7 Å². The predicted octanol–water partition coefficient (Wildman–Crippen LogP) is 2.41. The molecular formula is C14H25NO3. The molecule has 2 aliphatic rings. The molecule has 1 aliphatic heterocycles. The molecule has 0 aromatic carbocycles. The summed E-state index contributed by atoms with van der Waals surface area (Å²) < 4.78 is 5.42. The van der Waals surface area contributed by atoms with E-state index in [9.17, 15) is 9.90 Å². The highest BCUT2D eigenvalue weighted by atomic mass is 16.6. The lowest BCUT2D eigenvalue weighted by molar-refractivity contribution is 0.0236. The minimum Gasteiger partial charge on any atom is -0.444 e. The Labute approximate surface area is 109 Å². The van der Waals surface area contributed by atoms with Gasteiger partial charge in [-0.1, -0.05) is 12.8 Å². The third-order valence-corrected chi connectivity index (χ3v) is 4.26. The number of rotatable bonds is 1. The molecule has 4 heteroatoms. The highest BCUT2D eigenvalue weighted by molar-refractivity contribution is 5.68. The van der Waals surface area contributed by atoms with Crippen LogP contribution in [-0.2, 0) is 4.74 Å². The molecule has 2 fully saturated rings. The number of amides is 1. The zero-order chi connectivity index (χ0) is 13.4. The lowest BCUT2D eigenvalue weighted by Crippen LogP contribution is -2.39. The summed E-state index contributed by atoms with van der Waals surface area (Å²) >= 11 is 0. The van der Waals surface area contributed by atoms with Gasteiger partial charge >= 0.3 is 6.09 Å². The quantitative estimate of drug-likeness (QED) is 0.782. The highest BCUT2D eigenvalue weighted by Crippen LogP contribution is 2.46. The zero-order valence-corrected chi connectivity index (χ0v) is 11.7. The zero-order valence-electron chi connectivity index (χ0n) is 11.7.